The summed E-state index contributed by atoms with van der Waals surface area (Å²) in [6.45, 7) is 5.53. The van der Waals surface area contributed by atoms with E-state index in [9.17, 15) is 9.59 Å². The van der Waals surface area contributed by atoms with Crippen molar-refractivity contribution in [2.75, 3.05) is 6.54 Å². The van der Waals surface area contributed by atoms with Crippen molar-refractivity contribution in [3.05, 3.63) is 52.0 Å². The smallest absolute Gasteiger partial charge is 0.245 e. The Bertz CT molecular complexity index is 744. The van der Waals surface area contributed by atoms with Crippen LogP contribution in [0.2, 0.25) is 0 Å². The first-order valence-corrected chi connectivity index (χ1v) is 9.45. The predicted octanol–water partition coefficient (Wildman–Crippen LogP) is 2.99. The van der Waals surface area contributed by atoms with E-state index in [2.05, 4.69) is 4.98 Å². The summed E-state index contributed by atoms with van der Waals surface area (Å²) in [6, 6.07) is 9.53. The van der Waals surface area contributed by atoms with Gasteiger partial charge in [0.05, 0.1) is 17.7 Å². The Labute approximate surface area is 152 Å². The monoisotopic (exact) mass is 357 g/mol. The maximum Gasteiger partial charge on any atom is 0.245 e. The zero-order valence-corrected chi connectivity index (χ0v) is 15.5. The zero-order chi connectivity index (χ0) is 17.8. The van der Waals surface area contributed by atoms with Crippen molar-refractivity contribution in [1.82, 2.24) is 14.8 Å². The standard InChI is InChI=1S/C19H23N3O2S/c1-14-17(25-13-20-14)12-21(11-16-7-4-3-5-8-16)19(24)15(2)22-10-6-9-18(22)23/h3-5,7-8,13,15H,6,9-12H2,1-2H3/t15-/m1/s1. The summed E-state index contributed by atoms with van der Waals surface area (Å²) in [6.07, 6.45) is 1.38. The molecular weight excluding hydrogens is 334 g/mol. The highest BCUT2D eigenvalue weighted by Gasteiger charge is 2.32. The molecule has 0 bridgehead atoms. The van der Waals surface area contributed by atoms with Gasteiger partial charge in [0.2, 0.25) is 11.8 Å². The second-order valence-corrected chi connectivity index (χ2v) is 7.35. The lowest BCUT2D eigenvalue weighted by Crippen LogP contribution is -2.47. The van der Waals surface area contributed by atoms with Crippen LogP contribution >= 0.6 is 11.3 Å². The van der Waals surface area contributed by atoms with Gasteiger partial charge in [0, 0.05) is 24.4 Å². The van der Waals surface area contributed by atoms with Crippen LogP contribution in [-0.2, 0) is 22.7 Å². The van der Waals surface area contributed by atoms with Gasteiger partial charge in [-0.1, -0.05) is 30.3 Å². The number of carbonyl (C=O) groups is 2. The molecule has 0 N–H and O–H groups in total. The summed E-state index contributed by atoms with van der Waals surface area (Å²) < 4.78 is 0. The fourth-order valence-corrected chi connectivity index (χ4v) is 3.93. The van der Waals surface area contributed by atoms with Crippen molar-refractivity contribution >= 4 is 23.2 Å². The Hall–Kier alpha value is -2.21. The Kier molecular flexibility index (Phi) is 5.48. The summed E-state index contributed by atoms with van der Waals surface area (Å²) in [5, 5.41) is 0. The van der Waals surface area contributed by atoms with Gasteiger partial charge < -0.3 is 9.80 Å². The second-order valence-electron chi connectivity index (χ2n) is 6.41. The van der Waals surface area contributed by atoms with E-state index in [0.717, 1.165) is 22.6 Å². The minimum Gasteiger partial charge on any atom is -0.331 e. The molecule has 1 aromatic heterocycles. The number of hydrogen-bond acceptors (Lipinski definition) is 4. The molecule has 6 heteroatoms. The number of amides is 2. The molecule has 1 atom stereocenters. The SMILES string of the molecule is Cc1ncsc1CN(Cc1ccccc1)C(=O)[C@@H](C)N1CCCC1=O. The minimum absolute atomic E-state index is 0.00750. The molecule has 2 aromatic rings. The van der Waals surface area contributed by atoms with Gasteiger partial charge in [-0.15, -0.1) is 11.3 Å². The summed E-state index contributed by atoms with van der Waals surface area (Å²) in [5.41, 5.74) is 3.85. The number of carbonyl (C=O) groups excluding carboxylic acids is 2. The van der Waals surface area contributed by atoms with Crippen LogP contribution in [0.4, 0.5) is 0 Å². The molecule has 5 nitrogen and oxygen atoms in total. The minimum atomic E-state index is -0.424. The lowest BCUT2D eigenvalue weighted by Gasteiger charge is -2.30. The van der Waals surface area contributed by atoms with Crippen molar-refractivity contribution in [2.45, 2.75) is 45.8 Å². The summed E-state index contributed by atoms with van der Waals surface area (Å²) in [5.74, 6) is 0.0707. The maximum absolute atomic E-state index is 13.1. The number of aryl methyl sites for hydroxylation is 1. The van der Waals surface area contributed by atoms with E-state index < -0.39 is 6.04 Å². The number of rotatable bonds is 6. The Morgan fingerprint density at radius 3 is 2.68 bits per heavy atom. The number of likely N-dealkylation sites (tertiary alicyclic amines) is 1. The van der Waals surface area contributed by atoms with Crippen molar-refractivity contribution in [3.8, 4) is 0 Å². The van der Waals surface area contributed by atoms with Crippen LogP contribution in [0.3, 0.4) is 0 Å². The average Bonchev–Trinajstić information content (AvgIpc) is 3.22. The molecule has 1 saturated heterocycles. The molecule has 0 spiro atoms. The highest BCUT2D eigenvalue weighted by Crippen LogP contribution is 2.20. The first-order chi connectivity index (χ1) is 12.1. The maximum atomic E-state index is 13.1. The Morgan fingerprint density at radius 1 is 1.32 bits per heavy atom. The van der Waals surface area contributed by atoms with Gasteiger partial charge in [0.15, 0.2) is 0 Å². The molecule has 2 amide bonds. The number of aromatic nitrogens is 1. The van der Waals surface area contributed by atoms with E-state index in [1.54, 1.807) is 16.2 Å². The second kappa shape index (κ2) is 7.78. The van der Waals surface area contributed by atoms with Gasteiger partial charge >= 0.3 is 0 Å². The molecule has 2 heterocycles. The van der Waals surface area contributed by atoms with Crippen LogP contribution in [0.1, 0.15) is 35.9 Å². The fourth-order valence-electron chi connectivity index (χ4n) is 3.14. The first kappa shape index (κ1) is 17.6. The summed E-state index contributed by atoms with van der Waals surface area (Å²) in [4.78, 5) is 34.1. The molecule has 1 aliphatic rings. The number of benzene rings is 1. The van der Waals surface area contributed by atoms with Crippen LogP contribution in [0.15, 0.2) is 35.8 Å². The lowest BCUT2D eigenvalue weighted by atomic mass is 10.1. The average molecular weight is 357 g/mol. The number of nitrogens with zero attached hydrogens (tertiary/aromatic N) is 3. The molecule has 0 aliphatic carbocycles. The van der Waals surface area contributed by atoms with Crippen molar-refractivity contribution in [1.29, 1.82) is 0 Å². The van der Waals surface area contributed by atoms with Crippen LogP contribution in [0, 0.1) is 6.92 Å². The van der Waals surface area contributed by atoms with E-state index in [-0.39, 0.29) is 11.8 Å². The number of hydrogen-bond donors (Lipinski definition) is 0. The van der Waals surface area contributed by atoms with Gasteiger partial charge in [-0.3, -0.25) is 9.59 Å². The van der Waals surface area contributed by atoms with Crippen molar-refractivity contribution in [2.24, 2.45) is 0 Å². The van der Waals surface area contributed by atoms with E-state index in [1.165, 1.54) is 0 Å². The van der Waals surface area contributed by atoms with Gasteiger partial charge in [-0.05, 0) is 25.8 Å². The molecule has 25 heavy (non-hydrogen) atoms. The van der Waals surface area contributed by atoms with Crippen LogP contribution < -0.4 is 0 Å². The summed E-state index contributed by atoms with van der Waals surface area (Å²) in [7, 11) is 0. The molecule has 0 saturated carbocycles. The third kappa shape index (κ3) is 4.07. The van der Waals surface area contributed by atoms with E-state index in [1.807, 2.05) is 54.6 Å². The first-order valence-electron chi connectivity index (χ1n) is 8.57. The zero-order valence-electron chi connectivity index (χ0n) is 14.6. The molecule has 1 aromatic carbocycles. The molecule has 132 valence electrons. The number of thiazole rings is 1. The van der Waals surface area contributed by atoms with Gasteiger partial charge in [-0.2, -0.15) is 0 Å². The van der Waals surface area contributed by atoms with Crippen LogP contribution in [0.25, 0.3) is 0 Å². The molecule has 1 fully saturated rings. The Balaban J connectivity index is 1.80. The van der Waals surface area contributed by atoms with Crippen molar-refractivity contribution in [3.63, 3.8) is 0 Å². The summed E-state index contributed by atoms with van der Waals surface area (Å²) >= 11 is 1.56. The van der Waals surface area contributed by atoms with Crippen molar-refractivity contribution < 1.29 is 9.59 Å². The van der Waals surface area contributed by atoms with E-state index in [4.69, 9.17) is 0 Å². The molecule has 0 unspecified atom stereocenters. The molecule has 1 aliphatic heterocycles. The topological polar surface area (TPSA) is 53.5 Å². The third-order valence-corrected chi connectivity index (χ3v) is 5.56. The normalized spacial score (nSPS) is 15.4. The molecule has 0 radical (unpaired) electrons. The third-order valence-electron chi connectivity index (χ3n) is 4.64. The van der Waals surface area contributed by atoms with E-state index >= 15 is 0 Å². The van der Waals surface area contributed by atoms with Crippen LogP contribution in [0.5, 0.6) is 0 Å². The Morgan fingerprint density at radius 2 is 2.08 bits per heavy atom. The fraction of sp³-hybridized carbons (Fsp3) is 0.421. The molecular formula is C19H23N3O2S. The quantitative estimate of drug-likeness (QED) is 0.799. The largest absolute Gasteiger partial charge is 0.331 e. The predicted molar refractivity (Wildman–Crippen MR) is 98.0 cm³/mol. The molecule has 3 rings (SSSR count). The van der Waals surface area contributed by atoms with E-state index in [0.29, 0.717) is 26.1 Å². The van der Waals surface area contributed by atoms with Crippen LogP contribution in [-0.4, -0.2) is 39.2 Å². The van der Waals surface area contributed by atoms with Gasteiger partial charge in [0.25, 0.3) is 0 Å². The lowest BCUT2D eigenvalue weighted by molar-refractivity contribution is -0.143. The van der Waals surface area contributed by atoms with Gasteiger partial charge in [-0.25, -0.2) is 4.98 Å². The highest BCUT2D eigenvalue weighted by atomic mass is 32.1. The highest BCUT2D eigenvalue weighted by molar-refractivity contribution is 7.09. The van der Waals surface area contributed by atoms with Gasteiger partial charge in [0.1, 0.15) is 6.04 Å².